The second kappa shape index (κ2) is 4.40. The molecule has 1 N–H and O–H groups in total. The van der Waals surface area contributed by atoms with E-state index < -0.39 is 0 Å². The van der Waals surface area contributed by atoms with Crippen LogP contribution in [0.1, 0.15) is 21.7 Å². The van der Waals surface area contributed by atoms with E-state index in [4.69, 9.17) is 0 Å². The van der Waals surface area contributed by atoms with Crippen LogP contribution in [-0.2, 0) is 27.2 Å². The number of carbonyl (C=O) groups is 1. The highest BCUT2D eigenvalue weighted by Gasteiger charge is 2.31. The van der Waals surface area contributed by atoms with E-state index in [1.165, 1.54) is 0 Å². The second-order valence-electron chi connectivity index (χ2n) is 5.10. The fraction of sp³-hybridized carbons (Fsp3) is 0.308. The lowest BCUT2D eigenvalue weighted by molar-refractivity contribution is 0.0589. The zero-order chi connectivity index (χ0) is 14.6. The first-order valence-corrected chi connectivity index (χ1v) is 7.47. The number of hydrogen-bond donors (Lipinski definition) is 1. The van der Waals surface area contributed by atoms with Gasteiger partial charge >= 0.3 is 0 Å². The molecule has 108 valence electrons. The van der Waals surface area contributed by atoms with Gasteiger partial charge in [-0.15, -0.1) is 11.3 Å². The highest BCUT2D eigenvalue weighted by atomic mass is 32.1. The number of hydrazine groups is 1. The Bertz CT molecular complexity index is 844. The van der Waals surface area contributed by atoms with Crippen LogP contribution >= 0.6 is 11.3 Å². The summed E-state index contributed by atoms with van der Waals surface area (Å²) in [6, 6.07) is 1.91. The van der Waals surface area contributed by atoms with E-state index in [-0.39, 0.29) is 5.91 Å². The summed E-state index contributed by atoms with van der Waals surface area (Å²) in [4.78, 5) is 17.0. The van der Waals surface area contributed by atoms with E-state index in [2.05, 4.69) is 15.5 Å². The molecule has 0 aliphatic carbocycles. The first-order chi connectivity index (χ1) is 10.1. The maximum Gasteiger partial charge on any atom is 0.285 e. The van der Waals surface area contributed by atoms with Gasteiger partial charge in [0.25, 0.3) is 5.91 Å². The van der Waals surface area contributed by atoms with Crippen molar-refractivity contribution in [1.82, 2.24) is 29.8 Å². The molecule has 0 bridgehead atoms. The Balaban J connectivity index is 1.71. The van der Waals surface area contributed by atoms with Crippen molar-refractivity contribution in [2.45, 2.75) is 13.1 Å². The lowest BCUT2D eigenvalue weighted by Crippen LogP contribution is -2.46. The van der Waals surface area contributed by atoms with Crippen molar-refractivity contribution in [2.24, 2.45) is 14.1 Å². The number of hydrogen-bond acceptors (Lipinski definition) is 5. The van der Waals surface area contributed by atoms with Gasteiger partial charge in [-0.3, -0.25) is 14.5 Å². The number of aromatic nitrogens is 4. The summed E-state index contributed by atoms with van der Waals surface area (Å²) in [6.07, 6.45) is 1.87. The van der Waals surface area contributed by atoms with Crippen LogP contribution in [0.5, 0.6) is 0 Å². The zero-order valence-corrected chi connectivity index (χ0v) is 12.5. The van der Waals surface area contributed by atoms with Gasteiger partial charge in [0.1, 0.15) is 5.69 Å². The average molecular weight is 302 g/mol. The Labute approximate surface area is 124 Å². The number of nitrogens with zero attached hydrogens (tertiary/aromatic N) is 5. The summed E-state index contributed by atoms with van der Waals surface area (Å²) in [5.74, 6) is -0.0328. The third-order valence-electron chi connectivity index (χ3n) is 3.75. The van der Waals surface area contributed by atoms with Crippen LogP contribution in [0, 0.1) is 0 Å². The van der Waals surface area contributed by atoms with E-state index in [9.17, 15) is 4.79 Å². The van der Waals surface area contributed by atoms with Crippen LogP contribution in [0.25, 0.3) is 10.3 Å². The van der Waals surface area contributed by atoms with Gasteiger partial charge in [-0.2, -0.15) is 5.10 Å². The van der Waals surface area contributed by atoms with Gasteiger partial charge in [-0.1, -0.05) is 0 Å². The monoisotopic (exact) mass is 302 g/mol. The van der Waals surface area contributed by atoms with E-state index >= 15 is 0 Å². The Morgan fingerprint density at radius 3 is 3.05 bits per heavy atom. The van der Waals surface area contributed by atoms with Crippen molar-refractivity contribution in [3.63, 3.8) is 0 Å². The number of fused-ring (bicyclic) bond motifs is 3. The summed E-state index contributed by atoms with van der Waals surface area (Å²) < 4.78 is 4.71. The highest BCUT2D eigenvalue weighted by molar-refractivity contribution is 7.17. The van der Waals surface area contributed by atoms with Crippen molar-refractivity contribution < 1.29 is 4.79 Å². The summed E-state index contributed by atoms with van der Waals surface area (Å²) in [5, 5.41) is 5.94. The second-order valence-corrected chi connectivity index (χ2v) is 5.95. The lowest BCUT2D eigenvalue weighted by Gasteiger charge is -2.27. The van der Waals surface area contributed by atoms with Crippen LogP contribution in [0.15, 0.2) is 17.8 Å². The van der Waals surface area contributed by atoms with Gasteiger partial charge in [0.15, 0.2) is 5.65 Å². The highest BCUT2D eigenvalue weighted by Crippen LogP contribution is 2.31. The molecule has 0 aromatic carbocycles. The molecule has 21 heavy (non-hydrogen) atoms. The Morgan fingerprint density at radius 2 is 2.29 bits per heavy atom. The van der Waals surface area contributed by atoms with Crippen LogP contribution < -0.4 is 5.43 Å². The maximum atomic E-state index is 12.7. The van der Waals surface area contributed by atoms with Gasteiger partial charge in [-0.25, -0.2) is 10.4 Å². The molecule has 1 aliphatic rings. The number of thiazole rings is 1. The normalized spacial score (nSPS) is 15.0. The maximum absolute atomic E-state index is 12.7. The number of aryl methyl sites for hydroxylation is 2. The van der Waals surface area contributed by atoms with Crippen molar-refractivity contribution in [1.29, 1.82) is 0 Å². The molecule has 0 unspecified atom stereocenters. The summed E-state index contributed by atoms with van der Waals surface area (Å²) in [7, 11) is 3.76. The van der Waals surface area contributed by atoms with E-state index in [0.717, 1.165) is 27.3 Å². The average Bonchev–Trinajstić information content (AvgIpc) is 3.13. The number of carbonyl (C=O) groups excluding carboxylic acids is 1. The van der Waals surface area contributed by atoms with Crippen LogP contribution in [0.2, 0.25) is 0 Å². The van der Waals surface area contributed by atoms with Gasteiger partial charge in [0.05, 0.1) is 22.4 Å². The predicted octanol–water partition coefficient (Wildman–Crippen LogP) is 1.03. The minimum absolute atomic E-state index is 0.0328. The SMILES string of the molecule is Cn1ccc(CN2NCc3c(n(C)c4ncsc34)C2=O)n1. The fourth-order valence-corrected chi connectivity index (χ4v) is 3.61. The molecular weight excluding hydrogens is 288 g/mol. The lowest BCUT2D eigenvalue weighted by atomic mass is 10.2. The van der Waals surface area contributed by atoms with E-state index in [0.29, 0.717) is 13.1 Å². The molecule has 4 rings (SSSR count). The first-order valence-electron chi connectivity index (χ1n) is 6.60. The molecule has 1 amide bonds. The van der Waals surface area contributed by atoms with Crippen molar-refractivity contribution in [2.75, 3.05) is 0 Å². The largest absolute Gasteiger partial charge is 0.323 e. The molecule has 0 atom stereocenters. The number of amides is 1. The van der Waals surface area contributed by atoms with E-state index in [1.807, 2.05) is 36.4 Å². The molecule has 8 heteroatoms. The Kier molecular flexibility index (Phi) is 2.63. The number of nitrogens with one attached hydrogen (secondary N) is 1. The summed E-state index contributed by atoms with van der Waals surface area (Å²) in [6.45, 7) is 1.08. The molecule has 0 fully saturated rings. The van der Waals surface area contributed by atoms with Crippen molar-refractivity contribution in [3.05, 3.63) is 34.7 Å². The number of rotatable bonds is 2. The fourth-order valence-electron chi connectivity index (χ4n) is 2.75. The molecule has 7 nitrogen and oxygen atoms in total. The third kappa shape index (κ3) is 1.79. The zero-order valence-electron chi connectivity index (χ0n) is 11.7. The van der Waals surface area contributed by atoms with E-state index in [1.54, 1.807) is 21.0 Å². The Hall–Kier alpha value is -2.19. The molecule has 4 heterocycles. The molecule has 1 aliphatic heterocycles. The minimum Gasteiger partial charge on any atom is -0.323 e. The standard InChI is InChI=1S/C13H14N6OS/c1-17-4-3-8(16-17)6-19-13(20)10-9(5-15-19)11-12(18(10)2)14-7-21-11/h3-4,7,15H,5-6H2,1-2H3. The van der Waals surface area contributed by atoms with Crippen molar-refractivity contribution >= 4 is 27.6 Å². The quantitative estimate of drug-likeness (QED) is 0.768. The first kappa shape index (κ1) is 12.5. The predicted molar refractivity (Wildman–Crippen MR) is 78.5 cm³/mol. The van der Waals surface area contributed by atoms with Gasteiger partial charge in [0, 0.05) is 32.4 Å². The topological polar surface area (TPSA) is 68.0 Å². The van der Waals surface area contributed by atoms with Gasteiger partial charge < -0.3 is 4.57 Å². The smallest absolute Gasteiger partial charge is 0.285 e. The third-order valence-corrected chi connectivity index (χ3v) is 4.62. The molecule has 0 saturated heterocycles. The van der Waals surface area contributed by atoms with Crippen LogP contribution in [0.3, 0.4) is 0 Å². The van der Waals surface area contributed by atoms with Gasteiger partial charge in [0.2, 0.25) is 0 Å². The molecule has 0 radical (unpaired) electrons. The summed E-state index contributed by atoms with van der Waals surface area (Å²) in [5.41, 5.74) is 8.49. The van der Waals surface area contributed by atoms with Crippen molar-refractivity contribution in [3.8, 4) is 0 Å². The van der Waals surface area contributed by atoms with Gasteiger partial charge in [-0.05, 0) is 6.07 Å². The molecule has 3 aromatic rings. The minimum atomic E-state index is -0.0328. The molecule has 0 spiro atoms. The molecule has 0 saturated carbocycles. The molecule has 3 aromatic heterocycles. The van der Waals surface area contributed by atoms with Crippen LogP contribution in [-0.4, -0.2) is 30.2 Å². The summed E-state index contributed by atoms with van der Waals surface area (Å²) >= 11 is 1.57. The Morgan fingerprint density at radius 1 is 1.43 bits per heavy atom. The van der Waals surface area contributed by atoms with Crippen LogP contribution in [0.4, 0.5) is 0 Å². The molecular formula is C13H14N6OS.